The summed E-state index contributed by atoms with van der Waals surface area (Å²) in [6.45, 7) is 4.22. The SMILES string of the molecule is CCN(CC1CC1)c1ncnc2c1cnn2-c1ccccc1. The Kier molecular flexibility index (Phi) is 3.25. The van der Waals surface area contributed by atoms with Crippen molar-refractivity contribution < 1.29 is 0 Å². The van der Waals surface area contributed by atoms with E-state index in [-0.39, 0.29) is 0 Å². The molecule has 3 aromatic rings. The van der Waals surface area contributed by atoms with Gasteiger partial charge in [-0.15, -0.1) is 0 Å². The van der Waals surface area contributed by atoms with Gasteiger partial charge in [-0.2, -0.15) is 5.10 Å². The Labute approximate surface area is 129 Å². The van der Waals surface area contributed by atoms with Gasteiger partial charge in [-0.05, 0) is 37.8 Å². The number of para-hydroxylation sites is 1. The molecule has 0 aliphatic heterocycles. The molecule has 0 spiro atoms. The van der Waals surface area contributed by atoms with Crippen LogP contribution in [0.3, 0.4) is 0 Å². The Morgan fingerprint density at radius 3 is 2.73 bits per heavy atom. The highest BCUT2D eigenvalue weighted by molar-refractivity contribution is 5.87. The second-order valence-electron chi connectivity index (χ2n) is 5.81. The van der Waals surface area contributed by atoms with Gasteiger partial charge in [-0.1, -0.05) is 18.2 Å². The lowest BCUT2D eigenvalue weighted by Gasteiger charge is -2.22. The summed E-state index contributed by atoms with van der Waals surface area (Å²) in [5.74, 6) is 1.83. The summed E-state index contributed by atoms with van der Waals surface area (Å²) in [5, 5.41) is 5.55. The highest BCUT2D eigenvalue weighted by Crippen LogP contribution is 2.32. The van der Waals surface area contributed by atoms with Gasteiger partial charge in [0.15, 0.2) is 5.65 Å². The van der Waals surface area contributed by atoms with Gasteiger partial charge < -0.3 is 4.90 Å². The highest BCUT2D eigenvalue weighted by atomic mass is 15.3. The van der Waals surface area contributed by atoms with Crippen molar-refractivity contribution in [2.45, 2.75) is 19.8 Å². The molecule has 0 saturated heterocycles. The molecule has 1 aliphatic carbocycles. The number of benzene rings is 1. The Morgan fingerprint density at radius 2 is 2.00 bits per heavy atom. The van der Waals surface area contributed by atoms with E-state index in [1.807, 2.05) is 41.2 Å². The number of rotatable bonds is 5. The summed E-state index contributed by atoms with van der Waals surface area (Å²) in [5.41, 5.74) is 1.89. The minimum Gasteiger partial charge on any atom is -0.356 e. The fraction of sp³-hybridized carbons (Fsp3) is 0.353. The summed E-state index contributed by atoms with van der Waals surface area (Å²) in [6.07, 6.45) is 6.21. The maximum Gasteiger partial charge on any atom is 0.168 e. The number of nitrogens with zero attached hydrogens (tertiary/aromatic N) is 5. The maximum atomic E-state index is 4.53. The monoisotopic (exact) mass is 293 g/mol. The molecule has 2 aromatic heterocycles. The molecule has 1 aromatic carbocycles. The van der Waals surface area contributed by atoms with Crippen molar-refractivity contribution in [1.82, 2.24) is 19.7 Å². The van der Waals surface area contributed by atoms with Gasteiger partial charge in [0.05, 0.1) is 17.3 Å². The van der Waals surface area contributed by atoms with Crippen LogP contribution in [0.15, 0.2) is 42.9 Å². The maximum absolute atomic E-state index is 4.53. The standard InChI is InChI=1S/C17H19N5/c1-2-21(11-13-8-9-13)16-15-10-20-22(17(15)19-12-18-16)14-6-4-3-5-7-14/h3-7,10,12-13H,2,8-9,11H2,1H3. The molecule has 0 radical (unpaired) electrons. The second kappa shape index (κ2) is 5.40. The zero-order chi connectivity index (χ0) is 14.9. The van der Waals surface area contributed by atoms with Gasteiger partial charge in [-0.25, -0.2) is 14.6 Å². The first-order chi connectivity index (χ1) is 10.9. The fourth-order valence-corrected chi connectivity index (χ4v) is 2.82. The first kappa shape index (κ1) is 13.2. The highest BCUT2D eigenvalue weighted by Gasteiger charge is 2.25. The van der Waals surface area contributed by atoms with Crippen LogP contribution in [0.1, 0.15) is 19.8 Å². The predicted molar refractivity (Wildman–Crippen MR) is 87.3 cm³/mol. The number of hydrogen-bond donors (Lipinski definition) is 0. The van der Waals surface area contributed by atoms with E-state index < -0.39 is 0 Å². The molecule has 4 rings (SSSR count). The van der Waals surface area contributed by atoms with Crippen molar-refractivity contribution in [2.24, 2.45) is 5.92 Å². The van der Waals surface area contributed by atoms with Crippen molar-refractivity contribution in [2.75, 3.05) is 18.0 Å². The largest absolute Gasteiger partial charge is 0.356 e. The third-order valence-corrected chi connectivity index (χ3v) is 4.20. The van der Waals surface area contributed by atoms with Gasteiger partial charge >= 0.3 is 0 Å². The van der Waals surface area contributed by atoms with Crippen molar-refractivity contribution in [3.63, 3.8) is 0 Å². The van der Waals surface area contributed by atoms with E-state index in [1.54, 1.807) is 6.33 Å². The third kappa shape index (κ3) is 2.32. The summed E-state index contributed by atoms with van der Waals surface area (Å²) in [6, 6.07) is 10.1. The van der Waals surface area contributed by atoms with E-state index in [9.17, 15) is 0 Å². The lowest BCUT2D eigenvalue weighted by Crippen LogP contribution is -2.26. The van der Waals surface area contributed by atoms with E-state index in [4.69, 9.17) is 0 Å². The van der Waals surface area contributed by atoms with Crippen LogP contribution >= 0.6 is 0 Å². The van der Waals surface area contributed by atoms with Gasteiger partial charge in [0, 0.05) is 13.1 Å². The summed E-state index contributed by atoms with van der Waals surface area (Å²) < 4.78 is 1.88. The Hall–Kier alpha value is -2.43. The average molecular weight is 293 g/mol. The normalized spacial score (nSPS) is 14.4. The number of aromatic nitrogens is 4. The second-order valence-corrected chi connectivity index (χ2v) is 5.81. The zero-order valence-corrected chi connectivity index (χ0v) is 12.7. The van der Waals surface area contributed by atoms with Crippen LogP contribution in [0.2, 0.25) is 0 Å². The molecule has 22 heavy (non-hydrogen) atoms. The Bertz CT molecular complexity index is 776. The summed E-state index contributed by atoms with van der Waals surface area (Å²) >= 11 is 0. The van der Waals surface area contributed by atoms with Crippen LogP contribution in [-0.2, 0) is 0 Å². The van der Waals surface area contributed by atoms with Crippen molar-refractivity contribution in [3.05, 3.63) is 42.9 Å². The predicted octanol–water partition coefficient (Wildman–Crippen LogP) is 3.05. The Balaban J connectivity index is 1.79. The number of fused-ring (bicyclic) bond motifs is 1. The molecule has 2 heterocycles. The van der Waals surface area contributed by atoms with Crippen molar-refractivity contribution in [3.8, 4) is 5.69 Å². The molecule has 0 atom stereocenters. The van der Waals surface area contributed by atoms with Crippen LogP contribution in [0.5, 0.6) is 0 Å². The molecule has 1 saturated carbocycles. The van der Waals surface area contributed by atoms with E-state index >= 15 is 0 Å². The lowest BCUT2D eigenvalue weighted by molar-refractivity contribution is 0.734. The molecule has 0 amide bonds. The smallest absolute Gasteiger partial charge is 0.168 e. The van der Waals surface area contributed by atoms with E-state index in [1.165, 1.54) is 12.8 Å². The van der Waals surface area contributed by atoms with Crippen molar-refractivity contribution in [1.29, 1.82) is 0 Å². The quantitative estimate of drug-likeness (QED) is 0.725. The molecule has 0 unspecified atom stereocenters. The van der Waals surface area contributed by atoms with E-state index in [2.05, 4.69) is 26.9 Å². The molecular weight excluding hydrogens is 274 g/mol. The average Bonchev–Trinajstić information content (AvgIpc) is 3.29. The molecule has 112 valence electrons. The minimum absolute atomic E-state index is 0.828. The van der Waals surface area contributed by atoms with Crippen LogP contribution in [0.4, 0.5) is 5.82 Å². The first-order valence-corrected chi connectivity index (χ1v) is 7.86. The van der Waals surface area contributed by atoms with Gasteiger partial charge in [0.1, 0.15) is 12.1 Å². The number of hydrogen-bond acceptors (Lipinski definition) is 4. The van der Waals surface area contributed by atoms with Crippen molar-refractivity contribution >= 4 is 16.9 Å². The van der Waals surface area contributed by atoms with Gasteiger partial charge in [0.25, 0.3) is 0 Å². The van der Waals surface area contributed by atoms with Gasteiger partial charge in [0.2, 0.25) is 0 Å². The molecular formula is C17H19N5. The Morgan fingerprint density at radius 1 is 1.18 bits per heavy atom. The third-order valence-electron chi connectivity index (χ3n) is 4.20. The summed E-state index contributed by atoms with van der Waals surface area (Å²) in [4.78, 5) is 11.3. The zero-order valence-electron chi connectivity index (χ0n) is 12.7. The van der Waals surface area contributed by atoms with Gasteiger partial charge in [-0.3, -0.25) is 0 Å². The van der Waals surface area contributed by atoms with Crippen LogP contribution in [0, 0.1) is 5.92 Å². The molecule has 1 aliphatic rings. The van der Waals surface area contributed by atoms with E-state index in [0.717, 1.165) is 41.5 Å². The number of anilines is 1. The topological polar surface area (TPSA) is 46.8 Å². The van der Waals surface area contributed by atoms with E-state index in [0.29, 0.717) is 0 Å². The fourth-order valence-electron chi connectivity index (χ4n) is 2.82. The molecule has 1 fully saturated rings. The molecule has 0 bridgehead atoms. The van der Waals surface area contributed by atoms with Crippen LogP contribution in [0.25, 0.3) is 16.7 Å². The molecule has 5 heteroatoms. The summed E-state index contributed by atoms with van der Waals surface area (Å²) in [7, 11) is 0. The molecule has 5 nitrogen and oxygen atoms in total. The minimum atomic E-state index is 0.828. The van der Waals surface area contributed by atoms with Crippen LogP contribution < -0.4 is 4.90 Å². The lowest BCUT2D eigenvalue weighted by atomic mass is 10.3. The first-order valence-electron chi connectivity index (χ1n) is 7.86. The molecule has 0 N–H and O–H groups in total. The van der Waals surface area contributed by atoms with Crippen LogP contribution in [-0.4, -0.2) is 32.8 Å².